The predicted octanol–water partition coefficient (Wildman–Crippen LogP) is 3.39. The minimum Gasteiger partial charge on any atom is -0.495 e. The number of carbonyl (C=O) groups excluding carboxylic acids is 1. The molecule has 1 amide bonds. The molecule has 124 valence electrons. The van der Waals surface area contributed by atoms with Crippen LogP contribution < -0.4 is 15.4 Å². The molecule has 2 N–H and O–H groups in total. The number of hydrogen-bond acceptors (Lipinski definition) is 4. The average molecular weight is 357 g/mol. The molecule has 1 atom stereocenters. The van der Waals surface area contributed by atoms with Crippen LogP contribution in [0, 0.1) is 0 Å². The lowest BCUT2D eigenvalue weighted by Crippen LogP contribution is -2.41. The maximum Gasteiger partial charge on any atom is 0.237 e. The summed E-state index contributed by atoms with van der Waals surface area (Å²) in [6.07, 6.45) is 1.57. The van der Waals surface area contributed by atoms with Gasteiger partial charge in [-0.1, -0.05) is 23.2 Å². The van der Waals surface area contributed by atoms with Gasteiger partial charge in [0.05, 0.1) is 31.0 Å². The molecule has 0 spiro atoms. The zero-order valence-electron chi connectivity index (χ0n) is 12.9. The third-order valence-electron chi connectivity index (χ3n) is 3.30. The van der Waals surface area contributed by atoms with Crippen molar-refractivity contribution < 1.29 is 13.9 Å². The van der Waals surface area contributed by atoms with Crippen molar-refractivity contribution in [1.29, 1.82) is 0 Å². The van der Waals surface area contributed by atoms with E-state index >= 15 is 0 Å². The highest BCUT2D eigenvalue weighted by Crippen LogP contribution is 2.32. The number of nitrogens with one attached hydrogen (secondary N) is 2. The van der Waals surface area contributed by atoms with Crippen molar-refractivity contribution in [2.75, 3.05) is 7.11 Å². The van der Waals surface area contributed by atoms with E-state index in [-0.39, 0.29) is 5.91 Å². The summed E-state index contributed by atoms with van der Waals surface area (Å²) in [5.74, 6) is 1.12. The molecule has 0 saturated heterocycles. The second-order valence-electron chi connectivity index (χ2n) is 4.98. The van der Waals surface area contributed by atoms with E-state index in [1.807, 2.05) is 0 Å². The highest BCUT2D eigenvalue weighted by Gasteiger charge is 2.15. The van der Waals surface area contributed by atoms with Gasteiger partial charge in [0.15, 0.2) is 0 Å². The van der Waals surface area contributed by atoms with Crippen LogP contribution in [-0.2, 0) is 17.9 Å². The van der Waals surface area contributed by atoms with Gasteiger partial charge in [0.25, 0.3) is 0 Å². The first-order valence-corrected chi connectivity index (χ1v) is 7.82. The van der Waals surface area contributed by atoms with Crippen molar-refractivity contribution in [3.8, 4) is 5.75 Å². The Hall–Kier alpha value is -1.69. The first-order chi connectivity index (χ1) is 11.0. The molecule has 5 nitrogen and oxygen atoms in total. The van der Waals surface area contributed by atoms with Gasteiger partial charge >= 0.3 is 0 Å². The molecular weight excluding hydrogens is 339 g/mol. The van der Waals surface area contributed by atoms with Gasteiger partial charge in [0.1, 0.15) is 11.5 Å². The molecule has 0 aliphatic heterocycles. The first-order valence-electron chi connectivity index (χ1n) is 7.06. The summed E-state index contributed by atoms with van der Waals surface area (Å²) < 4.78 is 10.4. The van der Waals surface area contributed by atoms with Crippen LogP contribution in [0.5, 0.6) is 5.75 Å². The van der Waals surface area contributed by atoms with E-state index in [1.54, 1.807) is 37.5 Å². The zero-order valence-corrected chi connectivity index (χ0v) is 14.4. The summed E-state index contributed by atoms with van der Waals surface area (Å²) in [7, 11) is 1.54. The van der Waals surface area contributed by atoms with Gasteiger partial charge in [-0.2, -0.15) is 0 Å². The Balaban J connectivity index is 1.91. The molecule has 1 heterocycles. The molecule has 2 rings (SSSR count). The SMILES string of the molecule is COc1c(Cl)cc(Cl)cc1CNC(C)C(=O)NCc1ccco1. The maximum absolute atomic E-state index is 12.0. The maximum atomic E-state index is 12.0. The number of hydrogen-bond donors (Lipinski definition) is 2. The fourth-order valence-electron chi connectivity index (χ4n) is 2.07. The van der Waals surface area contributed by atoms with Crippen LogP contribution in [-0.4, -0.2) is 19.1 Å². The van der Waals surface area contributed by atoms with Gasteiger partial charge in [-0.15, -0.1) is 0 Å². The van der Waals surface area contributed by atoms with E-state index in [0.717, 1.165) is 5.56 Å². The van der Waals surface area contributed by atoms with E-state index in [4.69, 9.17) is 32.4 Å². The van der Waals surface area contributed by atoms with E-state index in [0.29, 0.717) is 34.6 Å². The van der Waals surface area contributed by atoms with Crippen LogP contribution in [0.15, 0.2) is 34.9 Å². The van der Waals surface area contributed by atoms with Gasteiger partial charge in [0, 0.05) is 17.1 Å². The second-order valence-corrected chi connectivity index (χ2v) is 5.82. The Morgan fingerprint density at radius 1 is 1.35 bits per heavy atom. The number of benzene rings is 1. The van der Waals surface area contributed by atoms with Gasteiger partial charge in [-0.25, -0.2) is 0 Å². The van der Waals surface area contributed by atoms with Crippen molar-refractivity contribution in [1.82, 2.24) is 10.6 Å². The van der Waals surface area contributed by atoms with Crippen molar-refractivity contribution >= 4 is 29.1 Å². The summed E-state index contributed by atoms with van der Waals surface area (Å²) in [5, 5.41) is 6.86. The lowest BCUT2D eigenvalue weighted by atomic mass is 10.2. The minimum absolute atomic E-state index is 0.131. The molecule has 2 aromatic rings. The third-order valence-corrected chi connectivity index (χ3v) is 3.80. The third kappa shape index (κ3) is 4.89. The minimum atomic E-state index is -0.396. The Labute approximate surface area is 144 Å². The number of carbonyl (C=O) groups is 1. The standard InChI is InChI=1S/C16H18Cl2N2O3/c1-10(16(21)20-9-13-4-3-5-23-13)19-8-11-6-12(17)7-14(18)15(11)22-2/h3-7,10,19H,8-9H2,1-2H3,(H,20,21). The molecule has 23 heavy (non-hydrogen) atoms. The molecule has 0 bridgehead atoms. The number of amides is 1. The van der Waals surface area contributed by atoms with Crippen molar-refractivity contribution in [3.05, 3.63) is 51.9 Å². The predicted molar refractivity (Wildman–Crippen MR) is 89.9 cm³/mol. The quantitative estimate of drug-likeness (QED) is 0.797. The van der Waals surface area contributed by atoms with Gasteiger partial charge in [-0.05, 0) is 31.2 Å². The van der Waals surface area contributed by atoms with Crippen LogP contribution in [0.3, 0.4) is 0 Å². The van der Waals surface area contributed by atoms with Gasteiger partial charge < -0.3 is 19.8 Å². The fraction of sp³-hybridized carbons (Fsp3) is 0.312. The molecule has 0 saturated carbocycles. The average Bonchev–Trinajstić information content (AvgIpc) is 3.03. The molecule has 1 aromatic carbocycles. The zero-order chi connectivity index (χ0) is 16.8. The smallest absolute Gasteiger partial charge is 0.237 e. The van der Waals surface area contributed by atoms with E-state index in [1.165, 1.54) is 7.11 Å². The van der Waals surface area contributed by atoms with Crippen LogP contribution in [0.2, 0.25) is 10.0 Å². The van der Waals surface area contributed by atoms with Crippen LogP contribution >= 0.6 is 23.2 Å². The molecule has 1 aromatic heterocycles. The van der Waals surface area contributed by atoms with Crippen LogP contribution in [0.25, 0.3) is 0 Å². The molecule has 0 aliphatic carbocycles. The van der Waals surface area contributed by atoms with Gasteiger partial charge in [-0.3, -0.25) is 4.79 Å². The summed E-state index contributed by atoms with van der Waals surface area (Å²) in [5.41, 5.74) is 0.788. The molecule has 0 fully saturated rings. The fourth-order valence-corrected chi connectivity index (χ4v) is 2.68. The summed E-state index contributed by atoms with van der Waals surface area (Å²) in [6.45, 7) is 2.53. The highest BCUT2D eigenvalue weighted by atomic mass is 35.5. The number of ether oxygens (including phenoxy) is 1. The number of methoxy groups -OCH3 is 1. The molecular formula is C16H18Cl2N2O3. The van der Waals surface area contributed by atoms with Crippen LogP contribution in [0.4, 0.5) is 0 Å². The Kier molecular flexibility index (Phi) is 6.33. The highest BCUT2D eigenvalue weighted by molar-refractivity contribution is 6.35. The lowest BCUT2D eigenvalue weighted by molar-refractivity contribution is -0.123. The topological polar surface area (TPSA) is 63.5 Å². The van der Waals surface area contributed by atoms with E-state index in [9.17, 15) is 4.79 Å². The number of halogens is 2. The Morgan fingerprint density at radius 2 is 2.13 bits per heavy atom. The number of rotatable bonds is 7. The monoisotopic (exact) mass is 356 g/mol. The normalized spacial score (nSPS) is 12.0. The van der Waals surface area contributed by atoms with Crippen molar-refractivity contribution in [2.24, 2.45) is 0 Å². The Morgan fingerprint density at radius 3 is 2.78 bits per heavy atom. The first kappa shape index (κ1) is 17.7. The number of furan rings is 1. The molecule has 0 aliphatic rings. The lowest BCUT2D eigenvalue weighted by Gasteiger charge is -2.16. The molecule has 0 radical (unpaired) electrons. The summed E-state index contributed by atoms with van der Waals surface area (Å²) in [6, 6.07) is 6.56. The van der Waals surface area contributed by atoms with E-state index < -0.39 is 6.04 Å². The largest absolute Gasteiger partial charge is 0.495 e. The van der Waals surface area contributed by atoms with Crippen molar-refractivity contribution in [3.63, 3.8) is 0 Å². The Bertz CT molecular complexity index is 660. The molecule has 1 unspecified atom stereocenters. The van der Waals surface area contributed by atoms with Crippen molar-refractivity contribution in [2.45, 2.75) is 26.1 Å². The van der Waals surface area contributed by atoms with Crippen LogP contribution in [0.1, 0.15) is 18.2 Å². The summed E-state index contributed by atoms with van der Waals surface area (Å²) >= 11 is 12.1. The second kappa shape index (κ2) is 8.24. The van der Waals surface area contributed by atoms with Gasteiger partial charge in [0.2, 0.25) is 5.91 Å². The van der Waals surface area contributed by atoms with E-state index in [2.05, 4.69) is 10.6 Å². The molecule has 7 heteroatoms. The summed E-state index contributed by atoms with van der Waals surface area (Å²) in [4.78, 5) is 12.0.